The lowest BCUT2D eigenvalue weighted by atomic mass is 9.94. The van der Waals surface area contributed by atoms with E-state index in [-0.39, 0.29) is 5.41 Å². The third-order valence-electron chi connectivity index (χ3n) is 2.84. The van der Waals surface area contributed by atoms with Crippen LogP contribution in [0.25, 0.3) is 11.3 Å². The lowest BCUT2D eigenvalue weighted by Gasteiger charge is -2.22. The van der Waals surface area contributed by atoms with Gasteiger partial charge in [-0.15, -0.1) is 0 Å². The third kappa shape index (κ3) is 3.07. The number of aromatic nitrogens is 3. The van der Waals surface area contributed by atoms with E-state index < -0.39 is 0 Å². The van der Waals surface area contributed by atoms with Gasteiger partial charge in [0.2, 0.25) is 5.95 Å². The quantitative estimate of drug-likeness (QED) is 0.751. The number of hydrogen-bond acceptors (Lipinski definition) is 4. The smallest absolute Gasteiger partial charge is 0.222 e. The topological polar surface area (TPSA) is 79.6 Å². The van der Waals surface area contributed by atoms with Crippen LogP contribution in [0.2, 0.25) is 0 Å². The van der Waals surface area contributed by atoms with Gasteiger partial charge >= 0.3 is 0 Å². The molecule has 5 nitrogen and oxygen atoms in total. The highest BCUT2D eigenvalue weighted by molar-refractivity contribution is 5.57. The molecule has 0 radical (unpaired) electrons. The number of rotatable bonds is 5. The maximum atomic E-state index is 5.67. The minimum absolute atomic E-state index is 0.0431. The van der Waals surface area contributed by atoms with Gasteiger partial charge < -0.3 is 16.0 Å². The second kappa shape index (κ2) is 5.18. The Labute approximate surface area is 107 Å². The van der Waals surface area contributed by atoms with Crippen LogP contribution in [0.15, 0.2) is 30.7 Å². The van der Waals surface area contributed by atoms with Gasteiger partial charge in [0, 0.05) is 36.4 Å². The molecule has 0 amide bonds. The summed E-state index contributed by atoms with van der Waals surface area (Å²) in [5, 5.41) is 3.20. The Morgan fingerprint density at radius 3 is 2.61 bits per heavy atom. The first-order chi connectivity index (χ1) is 8.61. The fourth-order valence-electron chi connectivity index (χ4n) is 1.46. The number of anilines is 1. The number of nitrogens with zero attached hydrogens (tertiary/aromatic N) is 2. The average Bonchev–Trinajstić information content (AvgIpc) is 2.91. The van der Waals surface area contributed by atoms with E-state index >= 15 is 0 Å². The van der Waals surface area contributed by atoms with E-state index in [1.807, 2.05) is 18.3 Å². The van der Waals surface area contributed by atoms with Crippen molar-refractivity contribution in [1.29, 1.82) is 0 Å². The van der Waals surface area contributed by atoms with Gasteiger partial charge in [-0.3, -0.25) is 0 Å². The minimum Gasteiger partial charge on any atom is -0.361 e. The Morgan fingerprint density at radius 1 is 1.33 bits per heavy atom. The highest BCUT2D eigenvalue weighted by Gasteiger charge is 2.15. The normalized spacial score (nSPS) is 11.5. The second-order valence-corrected chi connectivity index (χ2v) is 5.10. The highest BCUT2D eigenvalue weighted by Crippen LogP contribution is 2.16. The Kier molecular flexibility index (Phi) is 3.62. The number of nitrogens with two attached hydrogens (primary N) is 1. The third-order valence-corrected chi connectivity index (χ3v) is 2.84. The van der Waals surface area contributed by atoms with Crippen LogP contribution >= 0.6 is 0 Å². The van der Waals surface area contributed by atoms with Crippen LogP contribution in [0.3, 0.4) is 0 Å². The molecule has 0 aliphatic carbocycles. The van der Waals surface area contributed by atoms with Crippen molar-refractivity contribution in [3.05, 3.63) is 30.7 Å². The van der Waals surface area contributed by atoms with Gasteiger partial charge in [-0.25, -0.2) is 9.97 Å². The zero-order valence-corrected chi connectivity index (χ0v) is 10.8. The molecule has 0 atom stereocenters. The molecular formula is C13H19N5. The fourth-order valence-corrected chi connectivity index (χ4v) is 1.46. The molecule has 96 valence electrons. The average molecular weight is 245 g/mol. The molecule has 0 aliphatic heterocycles. The van der Waals surface area contributed by atoms with Crippen molar-refractivity contribution in [2.45, 2.75) is 13.8 Å². The summed E-state index contributed by atoms with van der Waals surface area (Å²) in [5.41, 5.74) is 7.71. The van der Waals surface area contributed by atoms with Crippen LogP contribution in [0.5, 0.6) is 0 Å². The zero-order valence-electron chi connectivity index (χ0n) is 10.8. The van der Waals surface area contributed by atoms with Crippen molar-refractivity contribution < 1.29 is 0 Å². The monoisotopic (exact) mass is 245 g/mol. The summed E-state index contributed by atoms with van der Waals surface area (Å²) in [6, 6.07) is 3.94. The molecule has 0 saturated heterocycles. The largest absolute Gasteiger partial charge is 0.361 e. The van der Waals surface area contributed by atoms with E-state index in [1.165, 1.54) is 0 Å². The van der Waals surface area contributed by atoms with Crippen molar-refractivity contribution in [3.63, 3.8) is 0 Å². The zero-order chi connectivity index (χ0) is 13.0. The maximum absolute atomic E-state index is 5.67. The van der Waals surface area contributed by atoms with Crippen LogP contribution in [0.1, 0.15) is 13.8 Å². The van der Waals surface area contributed by atoms with Crippen molar-refractivity contribution in [2.75, 3.05) is 18.4 Å². The van der Waals surface area contributed by atoms with Crippen LogP contribution in [0, 0.1) is 5.41 Å². The SMILES string of the molecule is CC(C)(CN)CNc1ncc(-c2ccc[nH]2)cn1. The van der Waals surface area contributed by atoms with E-state index in [4.69, 9.17) is 5.73 Å². The maximum Gasteiger partial charge on any atom is 0.222 e. The van der Waals surface area contributed by atoms with Crippen molar-refractivity contribution in [2.24, 2.45) is 11.1 Å². The predicted octanol–water partition coefficient (Wildman–Crippen LogP) is 1.87. The molecule has 0 fully saturated rings. The standard InChI is InChI=1S/C13H19N5/c1-13(2,8-14)9-18-12-16-6-10(7-17-12)11-4-3-5-15-11/h3-7,15H,8-9,14H2,1-2H3,(H,16,17,18). The fraction of sp³-hybridized carbons (Fsp3) is 0.385. The summed E-state index contributed by atoms with van der Waals surface area (Å²) in [4.78, 5) is 11.7. The number of aromatic amines is 1. The van der Waals surface area contributed by atoms with E-state index in [9.17, 15) is 0 Å². The number of H-pyrrole nitrogens is 1. The second-order valence-electron chi connectivity index (χ2n) is 5.10. The summed E-state index contributed by atoms with van der Waals surface area (Å²) >= 11 is 0. The van der Waals surface area contributed by atoms with Gasteiger partial charge in [-0.05, 0) is 24.1 Å². The van der Waals surface area contributed by atoms with Gasteiger partial charge in [0.05, 0.1) is 0 Å². The Balaban J connectivity index is 2.00. The van der Waals surface area contributed by atoms with Crippen molar-refractivity contribution >= 4 is 5.95 Å². The summed E-state index contributed by atoms with van der Waals surface area (Å²) in [7, 11) is 0. The van der Waals surface area contributed by atoms with Crippen LogP contribution in [-0.4, -0.2) is 28.0 Å². The number of nitrogens with one attached hydrogen (secondary N) is 2. The van der Waals surface area contributed by atoms with Crippen molar-refractivity contribution in [3.8, 4) is 11.3 Å². The first-order valence-electron chi connectivity index (χ1n) is 6.00. The number of hydrogen-bond donors (Lipinski definition) is 3. The molecule has 2 heterocycles. The van der Waals surface area contributed by atoms with Crippen molar-refractivity contribution in [1.82, 2.24) is 15.0 Å². The molecule has 0 aromatic carbocycles. The minimum atomic E-state index is 0.0431. The predicted molar refractivity (Wildman–Crippen MR) is 73.1 cm³/mol. The molecule has 0 bridgehead atoms. The van der Waals surface area contributed by atoms with E-state index in [2.05, 4.69) is 34.1 Å². The van der Waals surface area contributed by atoms with Gasteiger partial charge in [0.25, 0.3) is 0 Å². The first kappa shape index (κ1) is 12.6. The molecule has 0 saturated carbocycles. The van der Waals surface area contributed by atoms with E-state index in [1.54, 1.807) is 12.4 Å². The molecular weight excluding hydrogens is 226 g/mol. The van der Waals surface area contributed by atoms with Crippen LogP contribution in [0.4, 0.5) is 5.95 Å². The van der Waals surface area contributed by atoms with Gasteiger partial charge in [0.1, 0.15) is 0 Å². The summed E-state index contributed by atoms with van der Waals surface area (Å²) in [6.07, 6.45) is 5.48. The van der Waals surface area contributed by atoms with Gasteiger partial charge in [-0.2, -0.15) is 0 Å². The van der Waals surface area contributed by atoms with Crippen LogP contribution < -0.4 is 11.1 Å². The van der Waals surface area contributed by atoms with E-state index in [0.717, 1.165) is 17.8 Å². The molecule has 5 heteroatoms. The summed E-state index contributed by atoms with van der Waals surface area (Å²) < 4.78 is 0. The lowest BCUT2D eigenvalue weighted by molar-refractivity contribution is 0.404. The molecule has 4 N–H and O–H groups in total. The summed E-state index contributed by atoms with van der Waals surface area (Å²) in [5.74, 6) is 0.631. The summed E-state index contributed by atoms with van der Waals surface area (Å²) in [6.45, 7) is 5.59. The van der Waals surface area contributed by atoms with Crippen LogP contribution in [-0.2, 0) is 0 Å². The Hall–Kier alpha value is -1.88. The molecule has 2 rings (SSSR count). The molecule has 0 unspecified atom stereocenters. The molecule has 2 aromatic heterocycles. The van der Waals surface area contributed by atoms with E-state index in [0.29, 0.717) is 12.5 Å². The van der Waals surface area contributed by atoms with Gasteiger partial charge in [-0.1, -0.05) is 13.8 Å². The molecule has 0 aliphatic rings. The molecule has 2 aromatic rings. The molecule has 0 spiro atoms. The Morgan fingerprint density at radius 2 is 2.06 bits per heavy atom. The lowest BCUT2D eigenvalue weighted by Crippen LogP contribution is -2.31. The molecule has 18 heavy (non-hydrogen) atoms. The highest BCUT2D eigenvalue weighted by atomic mass is 15.1. The van der Waals surface area contributed by atoms with Gasteiger partial charge in [0.15, 0.2) is 0 Å². The first-order valence-corrected chi connectivity index (χ1v) is 6.00. The Bertz CT molecular complexity index is 473.